The molecule has 0 aliphatic rings. The van der Waals surface area contributed by atoms with Crippen LogP contribution in [0.5, 0.6) is 0 Å². The fourth-order valence-corrected chi connectivity index (χ4v) is 4.61. The van der Waals surface area contributed by atoms with Crippen LogP contribution in [-0.2, 0) is 25.5 Å². The van der Waals surface area contributed by atoms with Crippen molar-refractivity contribution in [1.29, 1.82) is 0 Å². The Balaban J connectivity index is 0.00000193. The van der Waals surface area contributed by atoms with E-state index in [9.17, 15) is 0 Å². The van der Waals surface area contributed by atoms with Gasteiger partial charge in [-0.05, 0) is 46.0 Å². The molecule has 0 bridgehead atoms. The van der Waals surface area contributed by atoms with Crippen molar-refractivity contribution in [3.05, 3.63) is 84.6 Å². The summed E-state index contributed by atoms with van der Waals surface area (Å²) in [6.45, 7) is 6.76. The number of hydrogen-bond acceptors (Lipinski definition) is 1. The van der Waals surface area contributed by atoms with Crippen LogP contribution >= 0.6 is 0 Å². The predicted molar refractivity (Wildman–Crippen MR) is 122 cm³/mol. The molecule has 0 saturated heterocycles. The summed E-state index contributed by atoms with van der Waals surface area (Å²) < 4.78 is 2.36. The Bertz CT molecular complexity index is 1520. The third-order valence-electron chi connectivity index (χ3n) is 6.05. The molecule has 2 nitrogen and oxygen atoms in total. The molecule has 0 aliphatic carbocycles. The molecule has 0 unspecified atom stereocenters. The molecule has 2 heterocycles. The summed E-state index contributed by atoms with van der Waals surface area (Å²) in [5.41, 5.74) is 6.01. The van der Waals surface area contributed by atoms with Gasteiger partial charge in [0.05, 0.1) is 5.52 Å². The number of nitrogens with zero attached hydrogens (tertiary/aromatic N) is 2. The van der Waals surface area contributed by atoms with Crippen molar-refractivity contribution in [3.8, 4) is 5.69 Å². The quantitative estimate of drug-likeness (QED) is 0.155. The largest absolute Gasteiger partial charge is 0.310 e. The van der Waals surface area contributed by atoms with E-state index in [-0.39, 0.29) is 25.5 Å². The van der Waals surface area contributed by atoms with Crippen LogP contribution in [0.25, 0.3) is 49.2 Å². The van der Waals surface area contributed by atoms with Gasteiger partial charge in [0.1, 0.15) is 0 Å². The molecule has 6 rings (SSSR count). The smallest absolute Gasteiger partial charge is 0.0531 e. The number of rotatable bonds is 1. The summed E-state index contributed by atoms with van der Waals surface area (Å²) in [6, 6.07) is 27.4. The summed E-state index contributed by atoms with van der Waals surface area (Å²) in [7, 11) is 0. The van der Waals surface area contributed by atoms with E-state index in [1.165, 1.54) is 43.8 Å². The van der Waals surface area contributed by atoms with Crippen molar-refractivity contribution < 1.29 is 20.1 Å². The van der Waals surface area contributed by atoms with E-state index in [0.717, 1.165) is 10.9 Å². The SMILES string of the molecule is CC(C)(C)c1c[c-]c2c(c1)c1cccc3c1c1c2nccc1n3-c1ccccc1.[Ir]. The van der Waals surface area contributed by atoms with Gasteiger partial charge in [0.2, 0.25) is 0 Å². The molecule has 4 aromatic carbocycles. The summed E-state index contributed by atoms with van der Waals surface area (Å²) >= 11 is 0. The fraction of sp³-hybridized carbons (Fsp3) is 0.148. The Morgan fingerprint density at radius 3 is 2.37 bits per heavy atom. The first kappa shape index (κ1) is 19.2. The summed E-state index contributed by atoms with van der Waals surface area (Å²) in [5, 5.41) is 6.14. The van der Waals surface area contributed by atoms with Crippen LogP contribution in [0.4, 0.5) is 0 Å². The maximum Gasteiger partial charge on any atom is 0.0531 e. The van der Waals surface area contributed by atoms with Crippen LogP contribution in [0.2, 0.25) is 0 Å². The molecule has 30 heavy (non-hydrogen) atoms. The van der Waals surface area contributed by atoms with Gasteiger partial charge in [0, 0.05) is 37.5 Å². The molecule has 6 aromatic rings. The zero-order valence-electron chi connectivity index (χ0n) is 17.2. The van der Waals surface area contributed by atoms with E-state index in [0.29, 0.717) is 0 Å². The van der Waals surface area contributed by atoms with Crippen LogP contribution < -0.4 is 0 Å². The van der Waals surface area contributed by atoms with Crippen molar-refractivity contribution >= 4 is 43.5 Å². The monoisotopic (exact) mass is 566 g/mol. The molecule has 0 spiro atoms. The standard InChI is InChI=1S/C27H21N2.Ir/c1-27(2,3)17-12-13-20-21(16-17)19-10-7-11-22-24(19)25-23(14-15-28-26(20)25)29(22)18-8-5-4-6-9-18;/h4-12,14-16H,1-3H3;/q-1;. The van der Waals surface area contributed by atoms with E-state index >= 15 is 0 Å². The van der Waals surface area contributed by atoms with Crippen LogP contribution in [-0.4, -0.2) is 9.55 Å². The normalized spacial score (nSPS) is 12.2. The molecule has 1 radical (unpaired) electrons. The predicted octanol–water partition coefficient (Wildman–Crippen LogP) is 7.02. The molecule has 0 N–H and O–H groups in total. The van der Waals surface area contributed by atoms with Crippen LogP contribution in [0.15, 0.2) is 72.9 Å². The molecule has 2 aromatic heterocycles. The van der Waals surface area contributed by atoms with Crippen molar-refractivity contribution in [3.63, 3.8) is 0 Å². The molecular weight excluding hydrogens is 545 g/mol. The Kier molecular flexibility index (Phi) is 4.25. The van der Waals surface area contributed by atoms with E-state index in [2.05, 4.69) is 98.1 Å². The summed E-state index contributed by atoms with van der Waals surface area (Å²) in [4.78, 5) is 4.82. The van der Waals surface area contributed by atoms with Gasteiger partial charge in [-0.25, -0.2) is 0 Å². The topological polar surface area (TPSA) is 17.8 Å². The first-order valence-electron chi connectivity index (χ1n) is 10.1. The number of benzene rings is 4. The average molecular weight is 566 g/mol. The van der Waals surface area contributed by atoms with Crippen LogP contribution in [0, 0.1) is 6.07 Å². The molecular formula is C27H21IrN2-. The number of hydrogen-bond donors (Lipinski definition) is 0. The molecule has 0 saturated carbocycles. The molecule has 0 fully saturated rings. The summed E-state index contributed by atoms with van der Waals surface area (Å²) in [6.07, 6.45) is 1.93. The van der Waals surface area contributed by atoms with E-state index in [1.54, 1.807) is 0 Å². The zero-order chi connectivity index (χ0) is 19.8. The minimum atomic E-state index is 0. The Hall–Kier alpha value is -2.74. The molecule has 0 atom stereocenters. The van der Waals surface area contributed by atoms with Gasteiger partial charge in [-0.3, -0.25) is 0 Å². The molecule has 3 heteroatoms. The number of pyridine rings is 1. The first-order valence-corrected chi connectivity index (χ1v) is 10.1. The van der Waals surface area contributed by atoms with Gasteiger partial charge in [-0.2, -0.15) is 0 Å². The summed E-state index contributed by atoms with van der Waals surface area (Å²) in [5.74, 6) is 0. The van der Waals surface area contributed by atoms with Crippen LogP contribution in [0.3, 0.4) is 0 Å². The maximum absolute atomic E-state index is 4.82. The Morgan fingerprint density at radius 1 is 0.833 bits per heavy atom. The third kappa shape index (κ3) is 2.56. The number of aromatic nitrogens is 2. The minimum absolute atomic E-state index is 0. The number of fused-ring (bicyclic) bond motifs is 3. The second-order valence-corrected chi connectivity index (χ2v) is 8.85. The maximum atomic E-state index is 4.82. The Labute approximate surface area is 189 Å². The average Bonchev–Trinajstić information content (AvgIpc) is 3.08. The van der Waals surface area contributed by atoms with Crippen LogP contribution in [0.1, 0.15) is 26.3 Å². The minimum Gasteiger partial charge on any atom is -0.310 e. The van der Waals surface area contributed by atoms with Crippen molar-refractivity contribution in [1.82, 2.24) is 9.55 Å². The first-order chi connectivity index (χ1) is 14.0. The second-order valence-electron chi connectivity index (χ2n) is 8.85. The molecule has 0 aliphatic heterocycles. The molecule has 0 amide bonds. The third-order valence-corrected chi connectivity index (χ3v) is 6.05. The second kappa shape index (κ2) is 6.63. The van der Waals surface area contributed by atoms with Gasteiger partial charge < -0.3 is 9.55 Å². The Morgan fingerprint density at radius 2 is 1.60 bits per heavy atom. The van der Waals surface area contributed by atoms with Gasteiger partial charge in [0.25, 0.3) is 0 Å². The van der Waals surface area contributed by atoms with E-state index in [1.807, 2.05) is 6.20 Å². The van der Waals surface area contributed by atoms with Gasteiger partial charge in [-0.15, -0.1) is 29.1 Å². The van der Waals surface area contributed by atoms with E-state index in [4.69, 9.17) is 4.98 Å². The van der Waals surface area contributed by atoms with E-state index < -0.39 is 0 Å². The van der Waals surface area contributed by atoms with Crippen molar-refractivity contribution in [2.24, 2.45) is 0 Å². The number of para-hydroxylation sites is 1. The van der Waals surface area contributed by atoms with Crippen molar-refractivity contribution in [2.45, 2.75) is 26.2 Å². The fourth-order valence-electron chi connectivity index (χ4n) is 4.61. The molecule has 149 valence electrons. The zero-order valence-corrected chi connectivity index (χ0v) is 19.6. The van der Waals surface area contributed by atoms with Gasteiger partial charge in [-0.1, -0.05) is 61.9 Å². The van der Waals surface area contributed by atoms with Gasteiger partial charge in [0.15, 0.2) is 0 Å². The van der Waals surface area contributed by atoms with Gasteiger partial charge >= 0.3 is 0 Å². The van der Waals surface area contributed by atoms with Crippen molar-refractivity contribution in [2.75, 3.05) is 0 Å².